The predicted octanol–water partition coefficient (Wildman–Crippen LogP) is 3.59. The van der Waals surface area contributed by atoms with Crippen molar-refractivity contribution in [3.05, 3.63) is 53.8 Å². The van der Waals surface area contributed by atoms with Crippen LogP contribution in [0.4, 0.5) is 0 Å². The van der Waals surface area contributed by atoms with Crippen molar-refractivity contribution < 1.29 is 0 Å². The van der Waals surface area contributed by atoms with Crippen LogP contribution in [-0.2, 0) is 13.0 Å². The number of allylic oxidation sites excluding steroid dienone is 2. The number of nitrogens with zero attached hydrogens (tertiary/aromatic N) is 2. The molecule has 3 rings (SSSR count). The van der Waals surface area contributed by atoms with Crippen molar-refractivity contribution in [1.82, 2.24) is 9.47 Å². The molecule has 0 amide bonds. The summed E-state index contributed by atoms with van der Waals surface area (Å²) >= 11 is 0. The summed E-state index contributed by atoms with van der Waals surface area (Å²) in [6.45, 7) is 8.11. The maximum Gasteiger partial charge on any atom is 0.0528 e. The van der Waals surface area contributed by atoms with Crippen molar-refractivity contribution in [1.29, 1.82) is 0 Å². The molecule has 0 spiro atoms. The smallest absolute Gasteiger partial charge is 0.0528 e. The van der Waals surface area contributed by atoms with E-state index in [1.807, 2.05) is 12.2 Å². The van der Waals surface area contributed by atoms with E-state index in [0.29, 0.717) is 0 Å². The summed E-state index contributed by atoms with van der Waals surface area (Å²) in [7, 11) is 2.20. The third-order valence-electron chi connectivity index (χ3n) is 3.91. The highest BCUT2D eigenvalue weighted by atomic mass is 15.1. The number of rotatable bonds is 2. The third-order valence-corrected chi connectivity index (χ3v) is 3.91. The van der Waals surface area contributed by atoms with Crippen molar-refractivity contribution in [2.45, 2.75) is 19.9 Å². The lowest BCUT2D eigenvalue weighted by Crippen LogP contribution is -2.26. The van der Waals surface area contributed by atoms with Gasteiger partial charge in [-0.2, -0.15) is 0 Å². The Morgan fingerprint density at radius 2 is 2.16 bits per heavy atom. The number of benzene rings is 1. The van der Waals surface area contributed by atoms with Crippen LogP contribution in [0.15, 0.2) is 36.9 Å². The predicted molar refractivity (Wildman–Crippen MR) is 82.2 cm³/mol. The third kappa shape index (κ3) is 2.02. The van der Waals surface area contributed by atoms with Crippen LogP contribution in [0.3, 0.4) is 0 Å². The van der Waals surface area contributed by atoms with Crippen LogP contribution in [0.1, 0.15) is 16.8 Å². The summed E-state index contributed by atoms with van der Waals surface area (Å²) in [5, 5.41) is 1.40. The molecule has 2 heteroatoms. The maximum absolute atomic E-state index is 3.77. The fourth-order valence-electron chi connectivity index (χ4n) is 2.96. The SMILES string of the molecule is C=C/C=C/n1c2c(c3cc(C)ccc31)CN(C)CC2. The van der Waals surface area contributed by atoms with Crippen LogP contribution in [-0.4, -0.2) is 23.1 Å². The van der Waals surface area contributed by atoms with Crippen LogP contribution in [0.25, 0.3) is 17.1 Å². The molecular formula is C17H20N2. The van der Waals surface area contributed by atoms with E-state index in [1.54, 1.807) is 0 Å². The summed E-state index contributed by atoms with van der Waals surface area (Å²) in [5.41, 5.74) is 5.58. The molecule has 0 saturated heterocycles. The number of aromatic nitrogens is 1. The zero-order chi connectivity index (χ0) is 13.4. The second kappa shape index (κ2) is 4.71. The van der Waals surface area contributed by atoms with Gasteiger partial charge in [-0.15, -0.1) is 0 Å². The fourth-order valence-corrected chi connectivity index (χ4v) is 2.96. The zero-order valence-electron chi connectivity index (χ0n) is 11.7. The Bertz CT molecular complexity index is 661. The van der Waals surface area contributed by atoms with E-state index < -0.39 is 0 Å². The zero-order valence-corrected chi connectivity index (χ0v) is 11.7. The van der Waals surface area contributed by atoms with Crippen LogP contribution in [0.2, 0.25) is 0 Å². The first-order valence-electron chi connectivity index (χ1n) is 6.81. The van der Waals surface area contributed by atoms with Gasteiger partial charge < -0.3 is 9.47 Å². The summed E-state index contributed by atoms with van der Waals surface area (Å²) < 4.78 is 2.33. The van der Waals surface area contributed by atoms with Crippen molar-refractivity contribution in [2.75, 3.05) is 13.6 Å². The van der Waals surface area contributed by atoms with E-state index in [-0.39, 0.29) is 0 Å². The minimum absolute atomic E-state index is 1.05. The van der Waals surface area contributed by atoms with Gasteiger partial charge in [-0.25, -0.2) is 0 Å². The normalized spacial score (nSPS) is 16.1. The van der Waals surface area contributed by atoms with E-state index in [9.17, 15) is 0 Å². The fraction of sp³-hybridized carbons (Fsp3) is 0.294. The van der Waals surface area contributed by atoms with Gasteiger partial charge in [-0.3, -0.25) is 0 Å². The topological polar surface area (TPSA) is 8.17 Å². The van der Waals surface area contributed by atoms with Gasteiger partial charge in [0.2, 0.25) is 0 Å². The molecule has 1 aromatic heterocycles. The first-order valence-corrected chi connectivity index (χ1v) is 6.81. The lowest BCUT2D eigenvalue weighted by atomic mass is 10.0. The molecule has 19 heavy (non-hydrogen) atoms. The molecule has 2 heterocycles. The lowest BCUT2D eigenvalue weighted by Gasteiger charge is -2.23. The highest BCUT2D eigenvalue weighted by Crippen LogP contribution is 2.31. The van der Waals surface area contributed by atoms with Gasteiger partial charge in [-0.1, -0.05) is 24.3 Å². The molecule has 0 unspecified atom stereocenters. The van der Waals surface area contributed by atoms with E-state index in [1.165, 1.54) is 27.7 Å². The molecule has 1 aromatic carbocycles. The molecule has 2 aromatic rings. The molecule has 0 bridgehead atoms. The molecule has 1 aliphatic heterocycles. The van der Waals surface area contributed by atoms with E-state index in [4.69, 9.17) is 0 Å². The molecule has 0 aliphatic carbocycles. The summed E-state index contributed by atoms with van der Waals surface area (Å²) in [6.07, 6.45) is 7.09. The molecule has 98 valence electrons. The number of aryl methyl sites for hydroxylation is 1. The Labute approximate surface area is 114 Å². The average Bonchev–Trinajstić information content (AvgIpc) is 2.69. The van der Waals surface area contributed by atoms with Gasteiger partial charge in [0.05, 0.1) is 5.52 Å². The quantitative estimate of drug-likeness (QED) is 0.741. The Morgan fingerprint density at radius 1 is 1.32 bits per heavy atom. The maximum atomic E-state index is 3.77. The van der Waals surface area contributed by atoms with Crippen molar-refractivity contribution in [3.8, 4) is 0 Å². The van der Waals surface area contributed by atoms with Gasteiger partial charge in [-0.05, 0) is 37.7 Å². The Hall–Kier alpha value is -1.80. The van der Waals surface area contributed by atoms with Gasteiger partial charge in [0.1, 0.15) is 0 Å². The number of hydrogen-bond acceptors (Lipinski definition) is 1. The highest BCUT2D eigenvalue weighted by Gasteiger charge is 2.21. The largest absolute Gasteiger partial charge is 0.320 e. The second-order valence-electron chi connectivity index (χ2n) is 5.38. The minimum atomic E-state index is 1.05. The van der Waals surface area contributed by atoms with Crippen LogP contribution < -0.4 is 0 Å². The van der Waals surface area contributed by atoms with Gasteiger partial charge in [0, 0.05) is 36.8 Å². The molecule has 0 radical (unpaired) electrons. The average molecular weight is 252 g/mol. The van der Waals surface area contributed by atoms with Crippen molar-refractivity contribution >= 4 is 17.1 Å². The van der Waals surface area contributed by atoms with E-state index in [0.717, 1.165) is 19.5 Å². The Morgan fingerprint density at radius 3 is 2.95 bits per heavy atom. The standard InChI is InChI=1S/C17H20N2/c1-4-5-9-19-16-7-6-13(2)11-14(16)15-12-18(3)10-8-17(15)19/h4-7,9,11H,1,8,10,12H2,2-3H3/b9-5+. The first kappa shape index (κ1) is 12.2. The molecule has 0 N–H and O–H groups in total. The summed E-state index contributed by atoms with van der Waals surface area (Å²) in [5.74, 6) is 0. The highest BCUT2D eigenvalue weighted by molar-refractivity contribution is 5.88. The second-order valence-corrected chi connectivity index (χ2v) is 5.38. The Kier molecular flexibility index (Phi) is 3.03. The van der Waals surface area contributed by atoms with Gasteiger partial charge in [0.15, 0.2) is 0 Å². The number of likely N-dealkylation sites (N-methyl/N-ethyl adjacent to an activating group) is 1. The Balaban J connectivity index is 2.29. The molecule has 0 atom stereocenters. The molecule has 0 fully saturated rings. The first-order chi connectivity index (χ1) is 9.20. The summed E-state index contributed by atoms with van der Waals surface area (Å²) in [4.78, 5) is 2.39. The van der Waals surface area contributed by atoms with Gasteiger partial charge >= 0.3 is 0 Å². The number of fused-ring (bicyclic) bond motifs is 3. The van der Waals surface area contributed by atoms with Gasteiger partial charge in [0.25, 0.3) is 0 Å². The van der Waals surface area contributed by atoms with Crippen molar-refractivity contribution in [3.63, 3.8) is 0 Å². The van der Waals surface area contributed by atoms with Crippen LogP contribution >= 0.6 is 0 Å². The van der Waals surface area contributed by atoms with E-state index >= 15 is 0 Å². The minimum Gasteiger partial charge on any atom is -0.320 e. The molecule has 1 aliphatic rings. The molecular weight excluding hydrogens is 232 g/mol. The summed E-state index contributed by atoms with van der Waals surface area (Å²) in [6, 6.07) is 6.73. The monoisotopic (exact) mass is 252 g/mol. The number of hydrogen-bond donors (Lipinski definition) is 0. The lowest BCUT2D eigenvalue weighted by molar-refractivity contribution is 0.312. The van der Waals surface area contributed by atoms with Crippen LogP contribution in [0, 0.1) is 6.92 Å². The molecule has 2 nitrogen and oxygen atoms in total. The molecule has 0 saturated carbocycles. The van der Waals surface area contributed by atoms with Crippen molar-refractivity contribution in [2.24, 2.45) is 0 Å². The van der Waals surface area contributed by atoms with Crippen LogP contribution in [0.5, 0.6) is 0 Å². The van der Waals surface area contributed by atoms with E-state index in [2.05, 4.69) is 54.4 Å².